The van der Waals surface area contributed by atoms with Gasteiger partial charge in [0.25, 0.3) is 0 Å². The molecule has 0 saturated heterocycles. The first kappa shape index (κ1) is 63.3. The summed E-state index contributed by atoms with van der Waals surface area (Å²) in [5.41, 5.74) is 0. The van der Waals surface area contributed by atoms with E-state index in [-0.39, 0.29) is 37.5 Å². The number of unbranched alkanes of at least 4 members (excludes halogenated alkanes) is 22. The Morgan fingerprint density at radius 2 is 0.552 bits per heavy atom. The van der Waals surface area contributed by atoms with Crippen LogP contribution in [0, 0.1) is 0 Å². The molecule has 0 aromatic rings. The van der Waals surface area contributed by atoms with Crippen molar-refractivity contribution in [3.05, 3.63) is 97.2 Å². The van der Waals surface area contributed by atoms with E-state index in [9.17, 15) is 14.4 Å². The van der Waals surface area contributed by atoms with E-state index in [1.54, 1.807) is 0 Å². The first-order chi connectivity index (χ1) is 33.0. The van der Waals surface area contributed by atoms with Crippen LogP contribution in [0.1, 0.15) is 252 Å². The molecule has 0 radical (unpaired) electrons. The topological polar surface area (TPSA) is 78.9 Å². The van der Waals surface area contributed by atoms with E-state index < -0.39 is 6.10 Å². The first-order valence-corrected chi connectivity index (χ1v) is 27.7. The summed E-state index contributed by atoms with van der Waals surface area (Å²) in [4.78, 5) is 38.1. The molecule has 6 nitrogen and oxygen atoms in total. The second-order valence-corrected chi connectivity index (χ2v) is 18.1. The summed E-state index contributed by atoms with van der Waals surface area (Å²) in [6.45, 7) is 6.50. The minimum absolute atomic E-state index is 0.109. The molecular weight excluding hydrogens is 829 g/mol. The highest BCUT2D eigenvalue weighted by Gasteiger charge is 2.19. The van der Waals surface area contributed by atoms with E-state index in [2.05, 4.69) is 118 Å². The highest BCUT2D eigenvalue weighted by Crippen LogP contribution is 2.13. The summed E-state index contributed by atoms with van der Waals surface area (Å²) in [7, 11) is 0. The molecule has 382 valence electrons. The van der Waals surface area contributed by atoms with Crippen molar-refractivity contribution in [3.8, 4) is 0 Å². The molecular formula is C61H102O6. The van der Waals surface area contributed by atoms with Crippen LogP contribution in [0.4, 0.5) is 0 Å². The molecule has 0 aliphatic heterocycles. The lowest BCUT2D eigenvalue weighted by Crippen LogP contribution is -2.30. The molecule has 0 amide bonds. The molecule has 0 fully saturated rings. The van der Waals surface area contributed by atoms with Crippen LogP contribution in [0.5, 0.6) is 0 Å². The Bertz CT molecular complexity index is 1350. The van der Waals surface area contributed by atoms with Gasteiger partial charge in [-0.05, 0) is 122 Å². The van der Waals surface area contributed by atoms with E-state index in [1.807, 2.05) is 0 Å². The third kappa shape index (κ3) is 53.2. The average Bonchev–Trinajstić information content (AvgIpc) is 3.33. The van der Waals surface area contributed by atoms with Gasteiger partial charge in [0.05, 0.1) is 0 Å². The molecule has 0 unspecified atom stereocenters. The fourth-order valence-electron chi connectivity index (χ4n) is 7.32. The fraction of sp³-hybridized carbons (Fsp3) is 0.689. The number of carbonyl (C=O) groups is 3. The second kappa shape index (κ2) is 54.9. The zero-order chi connectivity index (χ0) is 48.6. The molecule has 67 heavy (non-hydrogen) atoms. The van der Waals surface area contributed by atoms with Crippen molar-refractivity contribution in [2.24, 2.45) is 0 Å². The number of ether oxygens (including phenoxy) is 3. The predicted molar refractivity (Wildman–Crippen MR) is 288 cm³/mol. The SMILES string of the molecule is CCCCC/C=C\C/C=C\C/C=C\C/C=C\CCCC(=O)O[C@H](COC(=O)CCCCCCC/C=C\CCCCCC)COC(=O)CCCCCCCC/C=C\C/C=C\C/C=C\CCCCC. The van der Waals surface area contributed by atoms with Gasteiger partial charge in [-0.1, -0.05) is 208 Å². The van der Waals surface area contributed by atoms with Crippen molar-refractivity contribution in [3.63, 3.8) is 0 Å². The summed E-state index contributed by atoms with van der Waals surface area (Å²) in [6, 6.07) is 0. The van der Waals surface area contributed by atoms with Crippen LogP contribution in [-0.4, -0.2) is 37.2 Å². The van der Waals surface area contributed by atoms with Gasteiger partial charge in [-0.3, -0.25) is 14.4 Å². The van der Waals surface area contributed by atoms with Crippen molar-refractivity contribution in [1.29, 1.82) is 0 Å². The smallest absolute Gasteiger partial charge is 0.306 e. The minimum Gasteiger partial charge on any atom is -0.462 e. The van der Waals surface area contributed by atoms with E-state index in [4.69, 9.17) is 14.2 Å². The largest absolute Gasteiger partial charge is 0.462 e. The average molecular weight is 931 g/mol. The van der Waals surface area contributed by atoms with Crippen molar-refractivity contribution >= 4 is 17.9 Å². The van der Waals surface area contributed by atoms with Crippen molar-refractivity contribution < 1.29 is 28.6 Å². The molecule has 0 aromatic carbocycles. The molecule has 0 aliphatic carbocycles. The molecule has 6 heteroatoms. The van der Waals surface area contributed by atoms with Gasteiger partial charge in [0.2, 0.25) is 0 Å². The highest BCUT2D eigenvalue weighted by atomic mass is 16.6. The van der Waals surface area contributed by atoms with Gasteiger partial charge in [-0.15, -0.1) is 0 Å². The third-order valence-electron chi connectivity index (χ3n) is 11.5. The van der Waals surface area contributed by atoms with Crippen LogP contribution in [0.25, 0.3) is 0 Å². The Morgan fingerprint density at radius 3 is 0.925 bits per heavy atom. The Labute approximate surface area is 413 Å². The van der Waals surface area contributed by atoms with Crippen LogP contribution in [0.15, 0.2) is 97.2 Å². The standard InChI is InChI=1S/C61H102O6/c1-4-7-10-13-16-19-22-25-27-29-30-32-33-36-39-42-45-48-51-54-60(63)66-57-58(56-65-59(62)53-50-47-44-41-38-35-24-21-18-15-12-9-6-3)67-61(64)55-52-49-46-43-40-37-34-31-28-26-23-20-17-14-11-8-5-2/h16-17,19-21,24-28,30,32,34,37,43,46,58H,4-15,18,22-23,29,31,33,35-36,38-42,44-45,47-57H2,1-3H3/b19-16-,20-17-,24-21-,27-25-,28-26-,32-30-,37-34-,46-43-/t58-/m1/s1. The lowest BCUT2D eigenvalue weighted by atomic mass is 10.1. The van der Waals surface area contributed by atoms with Gasteiger partial charge in [0.1, 0.15) is 13.2 Å². The maximum Gasteiger partial charge on any atom is 0.306 e. The van der Waals surface area contributed by atoms with Gasteiger partial charge >= 0.3 is 17.9 Å². The molecule has 0 N–H and O–H groups in total. The predicted octanol–water partition coefficient (Wildman–Crippen LogP) is 18.5. The minimum atomic E-state index is -0.816. The maximum absolute atomic E-state index is 12.8. The Balaban J connectivity index is 4.50. The normalized spacial score (nSPS) is 12.8. The van der Waals surface area contributed by atoms with Gasteiger partial charge in [0.15, 0.2) is 6.10 Å². The number of allylic oxidation sites excluding steroid dienone is 16. The van der Waals surface area contributed by atoms with Gasteiger partial charge < -0.3 is 14.2 Å². The molecule has 0 rings (SSSR count). The summed E-state index contributed by atoms with van der Waals surface area (Å²) in [5, 5.41) is 0. The molecule has 0 aliphatic rings. The molecule has 0 spiro atoms. The summed E-state index contributed by atoms with van der Waals surface area (Å²) in [5.74, 6) is -0.986. The molecule has 0 bridgehead atoms. The zero-order valence-electron chi connectivity index (χ0n) is 43.6. The Kier molecular flexibility index (Phi) is 51.9. The highest BCUT2D eigenvalue weighted by molar-refractivity contribution is 5.71. The Hall–Kier alpha value is -3.67. The Morgan fingerprint density at radius 1 is 0.299 bits per heavy atom. The van der Waals surface area contributed by atoms with Crippen LogP contribution in [0.2, 0.25) is 0 Å². The van der Waals surface area contributed by atoms with Crippen LogP contribution < -0.4 is 0 Å². The molecule has 0 aromatic heterocycles. The quantitative estimate of drug-likeness (QED) is 0.0262. The third-order valence-corrected chi connectivity index (χ3v) is 11.5. The van der Waals surface area contributed by atoms with E-state index in [1.165, 1.54) is 103 Å². The zero-order valence-corrected chi connectivity index (χ0v) is 43.6. The monoisotopic (exact) mass is 931 g/mol. The van der Waals surface area contributed by atoms with Gasteiger partial charge in [-0.2, -0.15) is 0 Å². The summed E-state index contributed by atoms with van der Waals surface area (Å²) in [6.07, 6.45) is 72.5. The summed E-state index contributed by atoms with van der Waals surface area (Å²) < 4.78 is 16.8. The molecule has 1 atom stereocenters. The van der Waals surface area contributed by atoms with E-state index in [0.717, 1.165) is 103 Å². The van der Waals surface area contributed by atoms with Crippen LogP contribution >= 0.6 is 0 Å². The van der Waals surface area contributed by atoms with Crippen molar-refractivity contribution in [2.75, 3.05) is 13.2 Å². The van der Waals surface area contributed by atoms with Crippen LogP contribution in [-0.2, 0) is 28.6 Å². The van der Waals surface area contributed by atoms with Crippen LogP contribution in [0.3, 0.4) is 0 Å². The van der Waals surface area contributed by atoms with Crippen molar-refractivity contribution in [2.45, 2.75) is 258 Å². The summed E-state index contributed by atoms with van der Waals surface area (Å²) >= 11 is 0. The lowest BCUT2D eigenvalue weighted by Gasteiger charge is -2.18. The fourth-order valence-corrected chi connectivity index (χ4v) is 7.32. The number of hydrogen-bond donors (Lipinski definition) is 0. The lowest BCUT2D eigenvalue weighted by molar-refractivity contribution is -0.167. The molecule has 0 saturated carbocycles. The number of carbonyl (C=O) groups excluding carboxylic acids is 3. The van der Waals surface area contributed by atoms with Crippen molar-refractivity contribution in [1.82, 2.24) is 0 Å². The molecule has 0 heterocycles. The van der Waals surface area contributed by atoms with Gasteiger partial charge in [-0.25, -0.2) is 0 Å². The number of esters is 3. The van der Waals surface area contributed by atoms with E-state index >= 15 is 0 Å². The van der Waals surface area contributed by atoms with E-state index in [0.29, 0.717) is 19.3 Å². The number of hydrogen-bond acceptors (Lipinski definition) is 6. The number of rotatable bonds is 49. The first-order valence-electron chi connectivity index (χ1n) is 27.7. The second-order valence-electron chi connectivity index (χ2n) is 18.1. The van der Waals surface area contributed by atoms with Gasteiger partial charge in [0, 0.05) is 19.3 Å². The maximum atomic E-state index is 12.8.